The van der Waals surface area contributed by atoms with Crippen LogP contribution in [-0.4, -0.2) is 17.0 Å². The van der Waals surface area contributed by atoms with Gasteiger partial charge in [-0.1, -0.05) is 0 Å². The highest BCUT2D eigenvalue weighted by atomic mass is 32.1. The van der Waals surface area contributed by atoms with E-state index in [1.165, 1.54) is 17.5 Å². The minimum atomic E-state index is -2.59. The van der Waals surface area contributed by atoms with Crippen LogP contribution in [0.5, 0.6) is 0 Å². The zero-order valence-electron chi connectivity index (χ0n) is 10.1. The van der Waals surface area contributed by atoms with E-state index in [2.05, 4.69) is 15.3 Å². The summed E-state index contributed by atoms with van der Waals surface area (Å²) in [5.74, 6) is 0.365. The normalized spacial score (nSPS) is 11.2. The number of thiophene rings is 1. The van der Waals surface area contributed by atoms with E-state index >= 15 is 0 Å². The molecular formula is C12H13F2N3S. The van der Waals surface area contributed by atoms with E-state index in [0.717, 1.165) is 11.1 Å². The second-order valence-electron chi connectivity index (χ2n) is 3.90. The Bertz CT molecular complexity index is 540. The Labute approximate surface area is 108 Å². The van der Waals surface area contributed by atoms with Crippen LogP contribution in [-0.2, 0) is 6.54 Å². The molecule has 18 heavy (non-hydrogen) atoms. The van der Waals surface area contributed by atoms with Crippen LogP contribution in [0.3, 0.4) is 0 Å². The third kappa shape index (κ3) is 2.54. The first-order valence-corrected chi connectivity index (χ1v) is 6.39. The summed E-state index contributed by atoms with van der Waals surface area (Å²) < 4.78 is 25.9. The summed E-state index contributed by atoms with van der Waals surface area (Å²) in [6.45, 7) is 2.25. The summed E-state index contributed by atoms with van der Waals surface area (Å²) in [6, 6.07) is 0. The van der Waals surface area contributed by atoms with Gasteiger partial charge in [0.25, 0.3) is 6.43 Å². The molecule has 1 N–H and O–H groups in total. The number of hydrogen-bond acceptors (Lipinski definition) is 4. The molecule has 0 fully saturated rings. The second-order valence-corrected chi connectivity index (χ2v) is 4.65. The minimum absolute atomic E-state index is 0.194. The van der Waals surface area contributed by atoms with E-state index < -0.39 is 6.43 Å². The summed E-state index contributed by atoms with van der Waals surface area (Å²) in [4.78, 5) is 8.17. The average Bonchev–Trinajstić information content (AvgIpc) is 2.76. The molecule has 0 atom stereocenters. The van der Waals surface area contributed by atoms with Gasteiger partial charge in [0.1, 0.15) is 5.69 Å². The number of nitrogens with one attached hydrogen (secondary N) is 1. The molecule has 0 aliphatic heterocycles. The van der Waals surface area contributed by atoms with Crippen molar-refractivity contribution in [3.8, 4) is 11.4 Å². The molecule has 3 nitrogen and oxygen atoms in total. The van der Waals surface area contributed by atoms with Crippen molar-refractivity contribution in [2.24, 2.45) is 0 Å². The molecule has 0 aromatic carbocycles. The van der Waals surface area contributed by atoms with Gasteiger partial charge in [0.2, 0.25) is 0 Å². The molecule has 0 unspecified atom stereocenters. The van der Waals surface area contributed by atoms with Gasteiger partial charge in [-0.05, 0) is 24.9 Å². The van der Waals surface area contributed by atoms with Gasteiger partial charge in [-0.2, -0.15) is 11.3 Å². The summed E-state index contributed by atoms with van der Waals surface area (Å²) in [5, 5.41) is 6.65. The Morgan fingerprint density at radius 3 is 2.72 bits per heavy atom. The third-order valence-corrected chi connectivity index (χ3v) is 3.43. The van der Waals surface area contributed by atoms with Crippen molar-refractivity contribution in [3.63, 3.8) is 0 Å². The lowest BCUT2D eigenvalue weighted by Gasteiger charge is -2.09. The Kier molecular flexibility index (Phi) is 3.98. The maximum atomic E-state index is 13.0. The van der Waals surface area contributed by atoms with Crippen LogP contribution >= 0.6 is 11.3 Å². The summed E-state index contributed by atoms with van der Waals surface area (Å²) >= 11 is 1.51. The van der Waals surface area contributed by atoms with E-state index in [-0.39, 0.29) is 5.69 Å². The molecule has 0 amide bonds. The predicted molar refractivity (Wildman–Crippen MR) is 67.8 cm³/mol. The summed E-state index contributed by atoms with van der Waals surface area (Å²) in [5.41, 5.74) is 2.06. The predicted octanol–water partition coefficient (Wildman–Crippen LogP) is 3.17. The molecule has 0 aliphatic rings. The lowest BCUT2D eigenvalue weighted by molar-refractivity contribution is 0.144. The van der Waals surface area contributed by atoms with Gasteiger partial charge < -0.3 is 5.32 Å². The smallest absolute Gasteiger partial charge is 0.280 e. The van der Waals surface area contributed by atoms with Gasteiger partial charge in [0, 0.05) is 29.2 Å². The molecule has 2 aromatic heterocycles. The first-order chi connectivity index (χ1) is 8.63. The number of alkyl halides is 2. The van der Waals surface area contributed by atoms with Crippen LogP contribution in [0.4, 0.5) is 8.78 Å². The van der Waals surface area contributed by atoms with Gasteiger partial charge in [-0.15, -0.1) is 0 Å². The number of nitrogens with zero attached hydrogens (tertiary/aromatic N) is 2. The van der Waals surface area contributed by atoms with Crippen LogP contribution in [0.1, 0.15) is 23.2 Å². The molecule has 0 radical (unpaired) electrons. The van der Waals surface area contributed by atoms with Crippen LogP contribution < -0.4 is 5.32 Å². The van der Waals surface area contributed by atoms with Crippen molar-refractivity contribution in [1.82, 2.24) is 15.3 Å². The fourth-order valence-corrected chi connectivity index (χ4v) is 2.48. The Morgan fingerprint density at radius 2 is 2.17 bits per heavy atom. The van der Waals surface area contributed by atoms with Crippen molar-refractivity contribution in [3.05, 3.63) is 33.8 Å². The van der Waals surface area contributed by atoms with Crippen LogP contribution in [0.15, 0.2) is 17.0 Å². The van der Waals surface area contributed by atoms with Crippen LogP contribution in [0.25, 0.3) is 11.4 Å². The SMILES string of the molecule is CNCc1cnc(-c2cscc2C)nc1C(F)F. The molecule has 96 valence electrons. The highest BCUT2D eigenvalue weighted by molar-refractivity contribution is 7.08. The van der Waals surface area contributed by atoms with Crippen molar-refractivity contribution in [2.75, 3.05) is 7.05 Å². The molecule has 0 spiro atoms. The minimum Gasteiger partial charge on any atom is -0.316 e. The summed E-state index contributed by atoms with van der Waals surface area (Å²) in [6.07, 6.45) is -1.12. The highest BCUT2D eigenvalue weighted by Crippen LogP contribution is 2.27. The fraction of sp³-hybridized carbons (Fsp3) is 0.333. The monoisotopic (exact) mass is 269 g/mol. The quantitative estimate of drug-likeness (QED) is 0.926. The largest absolute Gasteiger partial charge is 0.316 e. The number of halogens is 2. The van der Waals surface area contributed by atoms with E-state index in [1.807, 2.05) is 17.7 Å². The van der Waals surface area contributed by atoms with Crippen LogP contribution in [0.2, 0.25) is 0 Å². The van der Waals surface area contributed by atoms with Gasteiger partial charge in [0.05, 0.1) is 0 Å². The molecular weight excluding hydrogens is 256 g/mol. The maximum absolute atomic E-state index is 13.0. The topological polar surface area (TPSA) is 37.8 Å². The van der Waals surface area contributed by atoms with E-state index in [0.29, 0.717) is 17.9 Å². The molecule has 2 heterocycles. The molecule has 2 rings (SSSR count). The fourth-order valence-electron chi connectivity index (χ4n) is 1.65. The number of hydrogen-bond donors (Lipinski definition) is 1. The van der Waals surface area contributed by atoms with Gasteiger partial charge >= 0.3 is 0 Å². The van der Waals surface area contributed by atoms with E-state index in [9.17, 15) is 8.78 Å². The number of aryl methyl sites for hydroxylation is 1. The van der Waals surface area contributed by atoms with Gasteiger partial charge in [0.15, 0.2) is 5.82 Å². The molecule has 0 saturated heterocycles. The highest BCUT2D eigenvalue weighted by Gasteiger charge is 2.17. The van der Waals surface area contributed by atoms with Crippen molar-refractivity contribution in [1.29, 1.82) is 0 Å². The lowest BCUT2D eigenvalue weighted by Crippen LogP contribution is -2.11. The maximum Gasteiger partial charge on any atom is 0.280 e. The molecule has 0 aliphatic carbocycles. The second kappa shape index (κ2) is 5.49. The van der Waals surface area contributed by atoms with Gasteiger partial charge in [-0.3, -0.25) is 0 Å². The summed E-state index contributed by atoms with van der Waals surface area (Å²) in [7, 11) is 1.70. The number of aromatic nitrogens is 2. The Morgan fingerprint density at radius 1 is 1.39 bits per heavy atom. The zero-order chi connectivity index (χ0) is 13.1. The Balaban J connectivity index is 2.46. The zero-order valence-corrected chi connectivity index (χ0v) is 10.9. The van der Waals surface area contributed by atoms with Gasteiger partial charge in [-0.25, -0.2) is 18.7 Å². The Hall–Kier alpha value is -1.40. The van der Waals surface area contributed by atoms with Crippen molar-refractivity contribution in [2.45, 2.75) is 19.9 Å². The van der Waals surface area contributed by atoms with Crippen molar-refractivity contribution >= 4 is 11.3 Å². The molecule has 6 heteroatoms. The van der Waals surface area contributed by atoms with E-state index in [4.69, 9.17) is 0 Å². The lowest BCUT2D eigenvalue weighted by atomic mass is 10.2. The average molecular weight is 269 g/mol. The van der Waals surface area contributed by atoms with Crippen molar-refractivity contribution < 1.29 is 8.78 Å². The van der Waals surface area contributed by atoms with Crippen LogP contribution in [0, 0.1) is 6.92 Å². The molecule has 0 bridgehead atoms. The molecule has 2 aromatic rings. The standard InChI is InChI=1S/C12H13F2N3S/c1-7-5-18-6-9(7)12-16-4-8(3-15-2)10(17-12)11(13)14/h4-6,11,15H,3H2,1-2H3. The molecule has 0 saturated carbocycles. The number of rotatable bonds is 4. The first-order valence-electron chi connectivity index (χ1n) is 5.45. The third-order valence-electron chi connectivity index (χ3n) is 2.57. The van der Waals surface area contributed by atoms with E-state index in [1.54, 1.807) is 7.05 Å². The first kappa shape index (κ1) is 13.0.